The topological polar surface area (TPSA) is 32.7 Å². The van der Waals surface area contributed by atoms with Crippen molar-refractivity contribution in [3.8, 4) is 0 Å². The first-order valence-electron chi connectivity index (χ1n) is 4.04. The third-order valence-corrected chi connectivity index (χ3v) is 1.85. The van der Waals surface area contributed by atoms with E-state index in [0.29, 0.717) is 5.56 Å². The summed E-state index contributed by atoms with van der Waals surface area (Å²) >= 11 is 4.36. The highest BCUT2D eigenvalue weighted by Gasteiger charge is 2.04. The summed E-state index contributed by atoms with van der Waals surface area (Å²) in [5.41, 5.74) is 1.48. The first kappa shape index (κ1) is 10.6. The number of hydrogen-bond acceptors (Lipinski definition) is 3. The van der Waals surface area contributed by atoms with Crippen LogP contribution in [-0.2, 0) is 0 Å². The summed E-state index contributed by atoms with van der Waals surface area (Å²) < 4.78 is 0. The Morgan fingerprint density at radius 2 is 2.21 bits per heavy atom. The Morgan fingerprint density at radius 1 is 1.50 bits per heavy atom. The molecule has 0 heterocycles. The van der Waals surface area contributed by atoms with Gasteiger partial charge in [-0.15, -0.1) is 0 Å². The van der Waals surface area contributed by atoms with Crippen molar-refractivity contribution in [1.29, 1.82) is 0 Å². The Hall–Kier alpha value is -1.51. The molecule has 1 aromatic carbocycles. The first-order valence-corrected chi connectivity index (χ1v) is 4.45. The van der Waals surface area contributed by atoms with Gasteiger partial charge in [0.05, 0.1) is 5.16 Å². The molecule has 0 unspecified atom stereocenters. The Kier molecular flexibility index (Phi) is 3.51. The molecule has 14 heavy (non-hydrogen) atoms. The molecule has 1 amide bonds. The number of anilines is 1. The molecule has 0 aliphatic heterocycles. The first-order chi connectivity index (χ1) is 6.65. The van der Waals surface area contributed by atoms with Crippen LogP contribution in [0, 0.1) is 0 Å². The maximum absolute atomic E-state index is 11.3. The zero-order valence-electron chi connectivity index (χ0n) is 8.02. The average Bonchev–Trinajstić information content (AvgIpc) is 2.18. The number of carbonyl (C=O) groups is 1. The van der Waals surface area contributed by atoms with Gasteiger partial charge in [-0.3, -0.25) is 4.79 Å². The maximum Gasteiger partial charge on any atom is 0.285 e. The highest BCUT2D eigenvalue weighted by Crippen LogP contribution is 2.13. The van der Waals surface area contributed by atoms with Gasteiger partial charge in [0.25, 0.3) is 5.91 Å². The van der Waals surface area contributed by atoms with Crippen molar-refractivity contribution >= 4 is 29.0 Å². The molecule has 0 saturated carbocycles. The molecule has 0 saturated heterocycles. The van der Waals surface area contributed by atoms with E-state index in [1.807, 2.05) is 31.1 Å². The molecule has 0 aliphatic rings. The maximum atomic E-state index is 11.3. The van der Waals surface area contributed by atoms with Crippen LogP contribution in [0.4, 0.5) is 5.69 Å². The van der Waals surface area contributed by atoms with Gasteiger partial charge >= 0.3 is 0 Å². The second kappa shape index (κ2) is 4.65. The standard InChI is InChI=1S/C10H10N2OS/c1-12(2)9-5-3-4-8(6-9)10(13)11-7-14/h3-6H,1-2H3. The van der Waals surface area contributed by atoms with Gasteiger partial charge < -0.3 is 4.90 Å². The van der Waals surface area contributed by atoms with E-state index in [1.165, 1.54) is 0 Å². The Bertz CT molecular complexity index is 395. The van der Waals surface area contributed by atoms with Crippen molar-refractivity contribution in [2.24, 2.45) is 4.99 Å². The molecule has 3 nitrogen and oxygen atoms in total. The van der Waals surface area contributed by atoms with Gasteiger partial charge in [-0.25, -0.2) is 0 Å². The minimum Gasteiger partial charge on any atom is -0.378 e. The molecule has 0 radical (unpaired) electrons. The van der Waals surface area contributed by atoms with Crippen LogP contribution in [0.25, 0.3) is 0 Å². The Labute approximate surface area is 88.1 Å². The predicted octanol–water partition coefficient (Wildman–Crippen LogP) is 2.00. The molecular formula is C10H10N2OS. The fourth-order valence-electron chi connectivity index (χ4n) is 1.02. The lowest BCUT2D eigenvalue weighted by Gasteiger charge is -2.12. The number of hydrogen-bond donors (Lipinski definition) is 0. The fourth-order valence-corrected chi connectivity index (χ4v) is 1.11. The lowest BCUT2D eigenvalue weighted by Crippen LogP contribution is -2.09. The van der Waals surface area contributed by atoms with Crippen LogP contribution in [0.2, 0.25) is 0 Å². The van der Waals surface area contributed by atoms with E-state index >= 15 is 0 Å². The van der Waals surface area contributed by atoms with Gasteiger partial charge in [-0.2, -0.15) is 4.99 Å². The Balaban J connectivity index is 3.05. The minimum absolute atomic E-state index is 0.358. The normalized spacial score (nSPS) is 9.00. The summed E-state index contributed by atoms with van der Waals surface area (Å²) in [4.78, 5) is 16.6. The van der Waals surface area contributed by atoms with E-state index in [2.05, 4.69) is 22.4 Å². The SMILES string of the molecule is CN(C)c1cccc(C(=O)N=C=S)c1. The van der Waals surface area contributed by atoms with Gasteiger partial charge in [0.15, 0.2) is 0 Å². The molecule has 0 atom stereocenters. The van der Waals surface area contributed by atoms with Crippen LogP contribution in [0.1, 0.15) is 10.4 Å². The third-order valence-electron chi connectivity index (χ3n) is 1.76. The highest BCUT2D eigenvalue weighted by molar-refractivity contribution is 7.78. The number of nitrogens with zero attached hydrogens (tertiary/aromatic N) is 2. The average molecular weight is 206 g/mol. The molecular weight excluding hydrogens is 196 g/mol. The summed E-state index contributed by atoms with van der Waals surface area (Å²) in [5, 5.41) is 2.06. The Morgan fingerprint density at radius 3 is 2.79 bits per heavy atom. The molecule has 0 N–H and O–H groups in total. The van der Waals surface area contributed by atoms with Crippen LogP contribution in [0.5, 0.6) is 0 Å². The summed E-state index contributed by atoms with van der Waals surface area (Å²) in [7, 11) is 3.82. The van der Waals surface area contributed by atoms with Crippen LogP contribution in [0.3, 0.4) is 0 Å². The van der Waals surface area contributed by atoms with Crippen molar-refractivity contribution in [1.82, 2.24) is 0 Å². The number of rotatable bonds is 2. The van der Waals surface area contributed by atoms with E-state index in [-0.39, 0.29) is 5.91 Å². The lowest BCUT2D eigenvalue weighted by molar-refractivity contribution is 0.100. The molecule has 0 spiro atoms. The van der Waals surface area contributed by atoms with Crippen molar-refractivity contribution in [3.63, 3.8) is 0 Å². The van der Waals surface area contributed by atoms with Gasteiger partial charge in [0, 0.05) is 25.3 Å². The van der Waals surface area contributed by atoms with Crippen molar-refractivity contribution in [2.45, 2.75) is 0 Å². The van der Waals surface area contributed by atoms with Crippen molar-refractivity contribution < 1.29 is 4.79 Å². The fraction of sp³-hybridized carbons (Fsp3) is 0.200. The molecule has 0 aromatic heterocycles. The second-order valence-electron chi connectivity index (χ2n) is 2.95. The third kappa shape index (κ3) is 2.49. The van der Waals surface area contributed by atoms with Gasteiger partial charge in [0.1, 0.15) is 0 Å². The zero-order valence-corrected chi connectivity index (χ0v) is 8.84. The summed E-state index contributed by atoms with van der Waals surface area (Å²) in [6, 6.07) is 7.18. The minimum atomic E-state index is -0.358. The number of aliphatic imine (C=N–C) groups is 1. The monoisotopic (exact) mass is 206 g/mol. The quantitative estimate of drug-likeness (QED) is 0.548. The van der Waals surface area contributed by atoms with Crippen LogP contribution >= 0.6 is 12.2 Å². The van der Waals surface area contributed by atoms with Crippen molar-refractivity contribution in [2.75, 3.05) is 19.0 Å². The van der Waals surface area contributed by atoms with Crippen molar-refractivity contribution in [3.05, 3.63) is 29.8 Å². The van der Waals surface area contributed by atoms with E-state index in [0.717, 1.165) is 5.69 Å². The smallest absolute Gasteiger partial charge is 0.285 e. The number of benzene rings is 1. The number of isothiocyanates is 1. The summed E-state index contributed by atoms with van der Waals surface area (Å²) in [5.74, 6) is -0.358. The number of amides is 1. The molecule has 4 heteroatoms. The number of carbonyl (C=O) groups excluding carboxylic acids is 1. The molecule has 1 aromatic rings. The molecule has 0 aliphatic carbocycles. The van der Waals surface area contributed by atoms with Crippen LogP contribution in [0.15, 0.2) is 29.3 Å². The largest absolute Gasteiger partial charge is 0.378 e. The molecule has 0 bridgehead atoms. The highest BCUT2D eigenvalue weighted by atomic mass is 32.1. The second-order valence-corrected chi connectivity index (χ2v) is 3.14. The van der Waals surface area contributed by atoms with E-state index < -0.39 is 0 Å². The molecule has 1 rings (SSSR count). The van der Waals surface area contributed by atoms with Crippen LogP contribution < -0.4 is 4.90 Å². The predicted molar refractivity (Wildman–Crippen MR) is 60.1 cm³/mol. The van der Waals surface area contributed by atoms with E-state index in [1.54, 1.807) is 12.1 Å². The number of thiocarbonyl (C=S) groups is 1. The van der Waals surface area contributed by atoms with Gasteiger partial charge in [-0.05, 0) is 30.4 Å². The summed E-state index contributed by atoms with van der Waals surface area (Å²) in [6.07, 6.45) is 0. The lowest BCUT2D eigenvalue weighted by atomic mass is 10.2. The summed E-state index contributed by atoms with van der Waals surface area (Å²) in [6.45, 7) is 0. The molecule has 72 valence electrons. The van der Waals surface area contributed by atoms with Gasteiger partial charge in [0.2, 0.25) is 0 Å². The van der Waals surface area contributed by atoms with Gasteiger partial charge in [-0.1, -0.05) is 6.07 Å². The zero-order chi connectivity index (χ0) is 10.6. The molecule has 0 fully saturated rings. The van der Waals surface area contributed by atoms with Crippen LogP contribution in [-0.4, -0.2) is 25.2 Å². The van der Waals surface area contributed by atoms with E-state index in [4.69, 9.17) is 0 Å². The van der Waals surface area contributed by atoms with E-state index in [9.17, 15) is 4.79 Å².